The first kappa shape index (κ1) is 13.0. The predicted octanol–water partition coefficient (Wildman–Crippen LogP) is 1.45. The second kappa shape index (κ2) is 6.50. The van der Waals surface area contributed by atoms with E-state index in [9.17, 15) is 8.78 Å². The monoisotopic (exact) mass is 230 g/mol. The van der Waals surface area contributed by atoms with Crippen LogP contribution in [0.25, 0.3) is 0 Å². The van der Waals surface area contributed by atoms with E-state index < -0.39 is 6.43 Å². The van der Waals surface area contributed by atoms with Gasteiger partial charge in [0, 0.05) is 19.3 Å². The van der Waals surface area contributed by atoms with E-state index in [2.05, 4.69) is 4.98 Å². The second-order valence-corrected chi connectivity index (χ2v) is 3.62. The van der Waals surface area contributed by atoms with Crippen LogP contribution in [0.3, 0.4) is 0 Å². The van der Waals surface area contributed by atoms with E-state index in [4.69, 9.17) is 5.11 Å². The molecule has 3 nitrogen and oxygen atoms in total. The molecule has 1 aromatic heterocycles. The molecule has 1 N–H and O–H groups in total. The Morgan fingerprint density at radius 2 is 2.25 bits per heavy atom. The van der Waals surface area contributed by atoms with E-state index in [0.29, 0.717) is 6.54 Å². The maximum atomic E-state index is 12.3. The topological polar surface area (TPSA) is 36.4 Å². The molecule has 0 saturated heterocycles. The van der Waals surface area contributed by atoms with E-state index in [1.54, 1.807) is 6.20 Å². The lowest BCUT2D eigenvalue weighted by atomic mass is 10.2. The van der Waals surface area contributed by atoms with Crippen molar-refractivity contribution < 1.29 is 13.9 Å². The maximum absolute atomic E-state index is 12.3. The lowest BCUT2D eigenvalue weighted by Gasteiger charge is -2.20. The third-order valence-electron chi connectivity index (χ3n) is 2.30. The number of aliphatic hydroxyl groups is 1. The smallest absolute Gasteiger partial charge is 0.251 e. The lowest BCUT2D eigenvalue weighted by molar-refractivity contribution is 0.0739. The number of hydrogen-bond acceptors (Lipinski definition) is 3. The standard InChI is InChI=1S/C11H16F2N2O/c1-9-3-2-4-14-10(9)7-15(5-6-16)8-11(12)13/h2-4,11,16H,5-8H2,1H3. The van der Waals surface area contributed by atoms with Crippen molar-refractivity contribution in [2.45, 2.75) is 19.9 Å². The molecule has 1 rings (SSSR count). The van der Waals surface area contributed by atoms with Crippen molar-refractivity contribution in [3.63, 3.8) is 0 Å². The van der Waals surface area contributed by atoms with Crippen LogP contribution < -0.4 is 0 Å². The fourth-order valence-electron chi connectivity index (χ4n) is 1.47. The van der Waals surface area contributed by atoms with Gasteiger partial charge in [-0.15, -0.1) is 0 Å². The van der Waals surface area contributed by atoms with Crippen LogP contribution in [0.4, 0.5) is 8.78 Å². The summed E-state index contributed by atoms with van der Waals surface area (Å²) in [6, 6.07) is 3.70. The van der Waals surface area contributed by atoms with Gasteiger partial charge in [0.25, 0.3) is 6.43 Å². The van der Waals surface area contributed by atoms with Crippen LogP contribution in [0.15, 0.2) is 18.3 Å². The Balaban J connectivity index is 2.64. The third-order valence-corrected chi connectivity index (χ3v) is 2.30. The Labute approximate surface area is 93.7 Å². The number of nitrogens with zero attached hydrogens (tertiary/aromatic N) is 2. The summed E-state index contributed by atoms with van der Waals surface area (Å²) < 4.78 is 24.5. The predicted molar refractivity (Wildman–Crippen MR) is 57.3 cm³/mol. The summed E-state index contributed by atoms with van der Waals surface area (Å²) in [6.07, 6.45) is -0.752. The molecule has 0 amide bonds. The molecule has 1 heterocycles. The largest absolute Gasteiger partial charge is 0.395 e. The van der Waals surface area contributed by atoms with Gasteiger partial charge < -0.3 is 5.11 Å². The van der Waals surface area contributed by atoms with Crippen molar-refractivity contribution in [1.29, 1.82) is 0 Å². The van der Waals surface area contributed by atoms with Gasteiger partial charge in [-0.05, 0) is 18.6 Å². The molecule has 0 radical (unpaired) electrons. The van der Waals surface area contributed by atoms with E-state index in [-0.39, 0.29) is 19.7 Å². The molecule has 90 valence electrons. The Kier molecular flexibility index (Phi) is 5.28. The van der Waals surface area contributed by atoms with Crippen LogP contribution in [0, 0.1) is 6.92 Å². The van der Waals surface area contributed by atoms with Crippen molar-refractivity contribution in [2.75, 3.05) is 19.7 Å². The number of alkyl halides is 2. The number of pyridine rings is 1. The summed E-state index contributed by atoms with van der Waals surface area (Å²) in [4.78, 5) is 5.64. The molecule has 0 aliphatic carbocycles. The van der Waals surface area contributed by atoms with Crippen LogP contribution in [0.2, 0.25) is 0 Å². The van der Waals surface area contributed by atoms with E-state index in [1.807, 2.05) is 19.1 Å². The Morgan fingerprint density at radius 1 is 1.50 bits per heavy atom. The highest BCUT2D eigenvalue weighted by Crippen LogP contribution is 2.08. The van der Waals surface area contributed by atoms with Crippen LogP contribution in [0.1, 0.15) is 11.3 Å². The van der Waals surface area contributed by atoms with Crippen LogP contribution >= 0.6 is 0 Å². The van der Waals surface area contributed by atoms with Crippen LogP contribution in [-0.4, -0.2) is 41.1 Å². The Hall–Kier alpha value is -1.07. The van der Waals surface area contributed by atoms with Crippen molar-refractivity contribution >= 4 is 0 Å². The van der Waals surface area contributed by atoms with Gasteiger partial charge in [-0.25, -0.2) is 8.78 Å². The van der Waals surface area contributed by atoms with Gasteiger partial charge in [0.1, 0.15) is 0 Å². The summed E-state index contributed by atoms with van der Waals surface area (Å²) >= 11 is 0. The first-order valence-electron chi connectivity index (χ1n) is 5.15. The molecule has 0 saturated carbocycles. The minimum atomic E-state index is -2.39. The number of hydrogen-bond donors (Lipinski definition) is 1. The molecule has 0 atom stereocenters. The summed E-state index contributed by atoms with van der Waals surface area (Å²) in [5.74, 6) is 0. The minimum Gasteiger partial charge on any atom is -0.395 e. The highest BCUT2D eigenvalue weighted by molar-refractivity contribution is 5.17. The first-order chi connectivity index (χ1) is 7.63. The summed E-state index contributed by atoms with van der Waals surface area (Å²) in [6.45, 7) is 2.01. The number of aromatic nitrogens is 1. The van der Waals surface area contributed by atoms with Gasteiger partial charge in [-0.2, -0.15) is 0 Å². The fourth-order valence-corrected chi connectivity index (χ4v) is 1.47. The van der Waals surface area contributed by atoms with Gasteiger partial charge in [-0.3, -0.25) is 9.88 Å². The average Bonchev–Trinajstić information content (AvgIpc) is 2.21. The van der Waals surface area contributed by atoms with Gasteiger partial charge in [0.15, 0.2) is 0 Å². The zero-order chi connectivity index (χ0) is 12.0. The van der Waals surface area contributed by atoms with Crippen molar-refractivity contribution in [3.05, 3.63) is 29.6 Å². The summed E-state index contributed by atoms with van der Waals surface area (Å²) in [5.41, 5.74) is 1.75. The van der Waals surface area contributed by atoms with Crippen molar-refractivity contribution in [1.82, 2.24) is 9.88 Å². The number of aliphatic hydroxyl groups excluding tert-OH is 1. The van der Waals surface area contributed by atoms with E-state index in [1.165, 1.54) is 4.90 Å². The number of rotatable bonds is 6. The maximum Gasteiger partial charge on any atom is 0.251 e. The average molecular weight is 230 g/mol. The molecule has 16 heavy (non-hydrogen) atoms. The van der Waals surface area contributed by atoms with Crippen molar-refractivity contribution in [2.24, 2.45) is 0 Å². The Morgan fingerprint density at radius 3 is 2.81 bits per heavy atom. The van der Waals surface area contributed by atoms with Gasteiger partial charge in [0.2, 0.25) is 0 Å². The van der Waals surface area contributed by atoms with Gasteiger partial charge in [0.05, 0.1) is 18.8 Å². The molecule has 0 aliphatic heterocycles. The van der Waals surface area contributed by atoms with E-state index in [0.717, 1.165) is 11.3 Å². The molecule has 0 spiro atoms. The highest BCUT2D eigenvalue weighted by atomic mass is 19.3. The summed E-state index contributed by atoms with van der Waals surface area (Å²) in [7, 11) is 0. The summed E-state index contributed by atoms with van der Waals surface area (Å²) in [5, 5.41) is 8.79. The Bertz CT molecular complexity index is 321. The molecular formula is C11H16F2N2O. The second-order valence-electron chi connectivity index (χ2n) is 3.62. The third kappa shape index (κ3) is 4.20. The quantitative estimate of drug-likeness (QED) is 0.803. The molecule has 0 bridgehead atoms. The fraction of sp³-hybridized carbons (Fsp3) is 0.545. The van der Waals surface area contributed by atoms with Gasteiger partial charge in [-0.1, -0.05) is 6.07 Å². The molecule has 1 aromatic rings. The zero-order valence-electron chi connectivity index (χ0n) is 9.24. The molecule has 0 unspecified atom stereocenters. The first-order valence-corrected chi connectivity index (χ1v) is 5.15. The molecular weight excluding hydrogens is 214 g/mol. The van der Waals surface area contributed by atoms with Crippen LogP contribution in [-0.2, 0) is 6.54 Å². The molecule has 0 aromatic carbocycles. The van der Waals surface area contributed by atoms with Crippen LogP contribution in [0.5, 0.6) is 0 Å². The highest BCUT2D eigenvalue weighted by Gasteiger charge is 2.13. The van der Waals surface area contributed by atoms with Crippen molar-refractivity contribution in [3.8, 4) is 0 Å². The number of halogens is 2. The molecule has 0 fully saturated rings. The number of aryl methyl sites for hydroxylation is 1. The van der Waals surface area contributed by atoms with Gasteiger partial charge >= 0.3 is 0 Å². The SMILES string of the molecule is Cc1cccnc1CN(CCO)CC(F)F. The molecule has 0 aliphatic rings. The zero-order valence-corrected chi connectivity index (χ0v) is 9.24. The van der Waals surface area contributed by atoms with E-state index >= 15 is 0 Å². The molecule has 5 heteroatoms. The normalized spacial score (nSPS) is 11.4. The minimum absolute atomic E-state index is 0.126. The lowest BCUT2D eigenvalue weighted by Crippen LogP contribution is -2.31.